The van der Waals surface area contributed by atoms with Gasteiger partial charge in [-0.3, -0.25) is 4.68 Å². The van der Waals surface area contributed by atoms with E-state index in [1.165, 1.54) is 11.1 Å². The van der Waals surface area contributed by atoms with Gasteiger partial charge in [-0.25, -0.2) is 4.99 Å². The molecule has 0 spiro atoms. The number of guanidine groups is 1. The number of nitrogens with one attached hydrogen (secondary N) is 1. The summed E-state index contributed by atoms with van der Waals surface area (Å²) in [4.78, 5) is 4.65. The number of nitrogens with zero attached hydrogens (tertiary/aromatic N) is 3. The van der Waals surface area contributed by atoms with E-state index in [1.807, 2.05) is 23.9 Å². The van der Waals surface area contributed by atoms with Gasteiger partial charge in [0.15, 0.2) is 5.96 Å². The molecule has 6 heteroatoms. The van der Waals surface area contributed by atoms with Crippen LogP contribution in [0.2, 0.25) is 0 Å². The van der Waals surface area contributed by atoms with Crippen LogP contribution in [0.3, 0.4) is 0 Å². The Bertz CT molecular complexity index is 690. The van der Waals surface area contributed by atoms with Crippen molar-refractivity contribution < 1.29 is 4.74 Å². The van der Waals surface area contributed by atoms with Gasteiger partial charge in [0.1, 0.15) is 6.04 Å². The summed E-state index contributed by atoms with van der Waals surface area (Å²) >= 11 is 0. The molecular weight excluding hydrogens is 302 g/mol. The highest BCUT2D eigenvalue weighted by molar-refractivity contribution is 5.92. The Balaban J connectivity index is 1.72. The normalized spacial score (nSPS) is 23.8. The number of rotatable bonds is 5. The molecule has 24 heavy (non-hydrogen) atoms. The summed E-state index contributed by atoms with van der Waals surface area (Å²) in [5.74, 6) is 0.428. The van der Waals surface area contributed by atoms with Crippen LogP contribution in [-0.2, 0) is 4.74 Å². The molecule has 3 rings (SSSR count). The fraction of sp³-hybridized carbons (Fsp3) is 0.444. The van der Waals surface area contributed by atoms with Gasteiger partial charge >= 0.3 is 0 Å². The summed E-state index contributed by atoms with van der Waals surface area (Å²) in [6.45, 7) is 6.83. The van der Waals surface area contributed by atoms with Gasteiger partial charge in [-0.05, 0) is 50.1 Å². The number of aliphatic imine (C=N–C) groups is 1. The highest BCUT2D eigenvalue weighted by Gasteiger charge is 2.43. The Labute approximate surface area is 142 Å². The summed E-state index contributed by atoms with van der Waals surface area (Å²) in [7, 11) is 0. The van der Waals surface area contributed by atoms with Crippen molar-refractivity contribution >= 4 is 11.6 Å². The maximum atomic E-state index is 6.12. The lowest BCUT2D eigenvalue weighted by Gasteiger charge is -2.42. The second-order valence-electron chi connectivity index (χ2n) is 6.29. The SMILES string of the molecule is CCOC1CC(N=C(N)Nc2cc(C)cc(C)c2)C1n1cccn1. The molecular formula is C18H25N5O. The van der Waals surface area contributed by atoms with E-state index in [1.54, 1.807) is 6.20 Å². The van der Waals surface area contributed by atoms with Crippen LogP contribution in [0, 0.1) is 13.8 Å². The van der Waals surface area contributed by atoms with Crippen LogP contribution >= 0.6 is 0 Å². The lowest BCUT2D eigenvalue weighted by Crippen LogP contribution is -2.49. The summed E-state index contributed by atoms with van der Waals surface area (Å²) in [6.07, 6.45) is 4.72. The number of ether oxygens (including phenoxy) is 1. The molecule has 3 atom stereocenters. The van der Waals surface area contributed by atoms with E-state index in [2.05, 4.69) is 47.5 Å². The van der Waals surface area contributed by atoms with E-state index in [0.29, 0.717) is 12.6 Å². The van der Waals surface area contributed by atoms with Crippen LogP contribution in [-0.4, -0.2) is 34.5 Å². The number of aryl methyl sites for hydroxylation is 2. The van der Waals surface area contributed by atoms with E-state index in [9.17, 15) is 0 Å². The van der Waals surface area contributed by atoms with Gasteiger partial charge in [0.2, 0.25) is 0 Å². The van der Waals surface area contributed by atoms with Crippen molar-refractivity contribution in [2.45, 2.75) is 45.4 Å². The van der Waals surface area contributed by atoms with Crippen molar-refractivity contribution in [1.82, 2.24) is 9.78 Å². The Kier molecular flexibility index (Phi) is 4.85. The number of hydrogen-bond donors (Lipinski definition) is 2. The zero-order valence-corrected chi connectivity index (χ0v) is 14.4. The minimum absolute atomic E-state index is 0.0693. The van der Waals surface area contributed by atoms with E-state index in [-0.39, 0.29) is 18.2 Å². The molecule has 0 amide bonds. The van der Waals surface area contributed by atoms with Crippen LogP contribution in [0.4, 0.5) is 5.69 Å². The third-order valence-electron chi connectivity index (χ3n) is 4.26. The number of benzene rings is 1. The molecule has 1 aromatic carbocycles. The van der Waals surface area contributed by atoms with Crippen molar-refractivity contribution in [2.75, 3.05) is 11.9 Å². The van der Waals surface area contributed by atoms with Crippen molar-refractivity contribution in [3.63, 3.8) is 0 Å². The minimum atomic E-state index is 0.0693. The van der Waals surface area contributed by atoms with Gasteiger partial charge in [-0.15, -0.1) is 0 Å². The molecule has 0 aliphatic heterocycles. The van der Waals surface area contributed by atoms with Crippen LogP contribution in [0.1, 0.15) is 30.5 Å². The Hall–Kier alpha value is -2.34. The zero-order chi connectivity index (χ0) is 17.1. The molecule has 1 saturated carbocycles. The minimum Gasteiger partial charge on any atom is -0.376 e. The fourth-order valence-electron chi connectivity index (χ4n) is 3.29. The standard InChI is InChI=1S/C18H25N5O/c1-4-24-16-11-15(17(16)23-7-5-6-20-23)22-18(19)21-14-9-12(2)8-13(3)10-14/h5-10,15-17H,4,11H2,1-3H3,(H3,19,21,22). The Morgan fingerprint density at radius 2 is 2.12 bits per heavy atom. The number of anilines is 1. The molecule has 128 valence electrons. The molecule has 0 bridgehead atoms. The first-order valence-electron chi connectivity index (χ1n) is 8.36. The summed E-state index contributed by atoms with van der Waals surface area (Å²) < 4.78 is 7.70. The number of aromatic nitrogens is 2. The van der Waals surface area contributed by atoms with E-state index in [4.69, 9.17) is 10.5 Å². The average Bonchev–Trinajstić information content (AvgIpc) is 2.98. The highest BCUT2D eigenvalue weighted by Crippen LogP contribution is 2.37. The lowest BCUT2D eigenvalue weighted by atomic mass is 9.83. The van der Waals surface area contributed by atoms with E-state index < -0.39 is 0 Å². The summed E-state index contributed by atoms with van der Waals surface area (Å²) in [5.41, 5.74) is 9.47. The molecule has 3 unspecified atom stereocenters. The predicted octanol–water partition coefficient (Wildman–Crippen LogP) is 2.65. The van der Waals surface area contributed by atoms with E-state index in [0.717, 1.165) is 12.1 Å². The first-order valence-corrected chi connectivity index (χ1v) is 8.36. The lowest BCUT2D eigenvalue weighted by molar-refractivity contribution is -0.0505. The van der Waals surface area contributed by atoms with Crippen molar-refractivity contribution in [3.05, 3.63) is 47.8 Å². The Morgan fingerprint density at radius 1 is 1.38 bits per heavy atom. The molecule has 6 nitrogen and oxygen atoms in total. The average molecular weight is 327 g/mol. The third kappa shape index (κ3) is 3.59. The monoisotopic (exact) mass is 327 g/mol. The Morgan fingerprint density at radius 3 is 2.75 bits per heavy atom. The zero-order valence-electron chi connectivity index (χ0n) is 14.4. The van der Waals surface area contributed by atoms with Crippen LogP contribution < -0.4 is 11.1 Å². The predicted molar refractivity (Wildman–Crippen MR) is 96.2 cm³/mol. The van der Waals surface area contributed by atoms with Gasteiger partial charge in [-0.2, -0.15) is 5.10 Å². The van der Waals surface area contributed by atoms with Gasteiger partial charge in [-0.1, -0.05) is 6.07 Å². The largest absolute Gasteiger partial charge is 0.376 e. The second kappa shape index (κ2) is 7.05. The summed E-state index contributed by atoms with van der Waals surface area (Å²) in [5, 5.41) is 7.53. The van der Waals surface area contributed by atoms with Gasteiger partial charge in [0.05, 0.1) is 12.1 Å². The molecule has 1 aromatic heterocycles. The molecule has 1 aliphatic carbocycles. The van der Waals surface area contributed by atoms with Crippen LogP contribution in [0.5, 0.6) is 0 Å². The number of hydrogen-bond acceptors (Lipinski definition) is 3. The molecule has 0 radical (unpaired) electrons. The quantitative estimate of drug-likeness (QED) is 0.654. The molecule has 3 N–H and O–H groups in total. The molecule has 2 aromatic rings. The van der Waals surface area contributed by atoms with Crippen molar-refractivity contribution in [2.24, 2.45) is 10.7 Å². The second-order valence-corrected chi connectivity index (χ2v) is 6.29. The van der Waals surface area contributed by atoms with Crippen molar-refractivity contribution in [1.29, 1.82) is 0 Å². The molecule has 1 aliphatic rings. The molecule has 1 heterocycles. The maximum absolute atomic E-state index is 6.12. The fourth-order valence-corrected chi connectivity index (χ4v) is 3.29. The highest BCUT2D eigenvalue weighted by atomic mass is 16.5. The van der Waals surface area contributed by atoms with Gasteiger partial charge in [0.25, 0.3) is 0 Å². The third-order valence-corrected chi connectivity index (χ3v) is 4.26. The van der Waals surface area contributed by atoms with E-state index >= 15 is 0 Å². The van der Waals surface area contributed by atoms with Gasteiger partial charge < -0.3 is 15.8 Å². The topological polar surface area (TPSA) is 77.5 Å². The van der Waals surface area contributed by atoms with Crippen LogP contribution in [0.25, 0.3) is 0 Å². The van der Waals surface area contributed by atoms with Crippen LogP contribution in [0.15, 0.2) is 41.7 Å². The smallest absolute Gasteiger partial charge is 0.193 e. The molecule has 1 fully saturated rings. The van der Waals surface area contributed by atoms with Gasteiger partial charge in [0, 0.05) is 31.1 Å². The maximum Gasteiger partial charge on any atom is 0.193 e. The first-order chi connectivity index (χ1) is 11.6. The molecule has 0 saturated heterocycles. The summed E-state index contributed by atoms with van der Waals surface area (Å²) in [6, 6.07) is 8.33. The van der Waals surface area contributed by atoms with Crippen molar-refractivity contribution in [3.8, 4) is 0 Å². The number of nitrogens with two attached hydrogens (primary N) is 1. The first kappa shape index (κ1) is 16.5.